The van der Waals surface area contributed by atoms with Gasteiger partial charge in [0.2, 0.25) is 11.8 Å². The van der Waals surface area contributed by atoms with E-state index in [-0.39, 0.29) is 24.0 Å². The number of hydrogen-bond donors (Lipinski definition) is 2. The summed E-state index contributed by atoms with van der Waals surface area (Å²) in [7, 11) is 0. The number of rotatable bonds is 6. The van der Waals surface area contributed by atoms with Crippen LogP contribution in [0.5, 0.6) is 5.75 Å². The first-order valence-electron chi connectivity index (χ1n) is 16.6. The summed E-state index contributed by atoms with van der Waals surface area (Å²) in [6, 6.07) is 23.1. The third-order valence-corrected chi connectivity index (χ3v) is 11.3. The van der Waals surface area contributed by atoms with Gasteiger partial charge in [-0.1, -0.05) is 72.6 Å². The van der Waals surface area contributed by atoms with Gasteiger partial charge in [0.25, 0.3) is 11.8 Å². The number of phenolic OH excluding ortho intramolecular Hbond substituents is 1. The Labute approximate surface area is 287 Å². The van der Waals surface area contributed by atoms with Crippen LogP contribution in [0.2, 0.25) is 5.02 Å². The Bertz CT molecular complexity index is 2080. The fourth-order valence-electron chi connectivity index (χ4n) is 9.07. The molecule has 6 unspecified atom stereocenters. The Morgan fingerprint density at radius 2 is 1.63 bits per heavy atom. The van der Waals surface area contributed by atoms with Gasteiger partial charge in [0.05, 0.1) is 28.9 Å². The first-order valence-corrected chi connectivity index (χ1v) is 17.0. The van der Waals surface area contributed by atoms with Crippen LogP contribution < -0.4 is 5.43 Å². The Morgan fingerprint density at radius 1 is 0.898 bits per heavy atom. The third-order valence-electron chi connectivity index (χ3n) is 11.0. The minimum Gasteiger partial charge on any atom is -0.508 e. The van der Waals surface area contributed by atoms with Gasteiger partial charge in [-0.3, -0.25) is 29.5 Å². The molecule has 4 amide bonds. The largest absolute Gasteiger partial charge is 0.508 e. The van der Waals surface area contributed by atoms with Gasteiger partial charge < -0.3 is 5.11 Å². The quantitative estimate of drug-likeness (QED) is 0.173. The SMILES string of the molecule is CCCN1C(=O)C2CC=C3C(CC4C(=O)N(Nc5ccc(F)cc5)C(=O)C4(c4ccc(Cl)cc4)C3c3c(O)ccc4ccccc34)C2C1=O. The van der Waals surface area contributed by atoms with Crippen molar-refractivity contribution < 1.29 is 28.7 Å². The Balaban J connectivity index is 1.40. The number of carbonyl (C=O) groups is 4. The summed E-state index contributed by atoms with van der Waals surface area (Å²) in [5.74, 6) is -5.77. The molecular formula is C39H33ClFN3O5. The van der Waals surface area contributed by atoms with Crippen LogP contribution in [-0.4, -0.2) is 45.2 Å². The van der Waals surface area contributed by atoms with Gasteiger partial charge in [0, 0.05) is 23.0 Å². The second-order valence-electron chi connectivity index (χ2n) is 13.4. The van der Waals surface area contributed by atoms with Crippen LogP contribution in [0, 0.1) is 29.5 Å². The summed E-state index contributed by atoms with van der Waals surface area (Å²) in [6.45, 7) is 2.23. The lowest BCUT2D eigenvalue weighted by atomic mass is 9.48. The molecule has 49 heavy (non-hydrogen) atoms. The van der Waals surface area contributed by atoms with E-state index >= 15 is 4.79 Å². The number of halogens is 2. The summed E-state index contributed by atoms with van der Waals surface area (Å²) in [4.78, 5) is 59.1. The minimum atomic E-state index is -1.58. The van der Waals surface area contributed by atoms with Crippen LogP contribution in [0.3, 0.4) is 0 Å². The zero-order valence-corrected chi connectivity index (χ0v) is 27.4. The van der Waals surface area contributed by atoms with Crippen molar-refractivity contribution in [3.63, 3.8) is 0 Å². The number of nitrogens with one attached hydrogen (secondary N) is 1. The molecule has 8 rings (SSSR count). The normalized spacial score (nSPS) is 27.7. The number of hydrazine groups is 1. The highest BCUT2D eigenvalue weighted by Gasteiger charge is 2.70. The highest BCUT2D eigenvalue weighted by Crippen LogP contribution is 2.65. The van der Waals surface area contributed by atoms with Gasteiger partial charge in [0.15, 0.2) is 0 Å². The van der Waals surface area contributed by atoms with Crippen LogP contribution in [0.4, 0.5) is 10.1 Å². The molecule has 2 saturated heterocycles. The Kier molecular flexibility index (Phi) is 7.37. The molecule has 0 bridgehead atoms. The molecule has 10 heteroatoms. The predicted molar refractivity (Wildman–Crippen MR) is 182 cm³/mol. The molecule has 2 aliphatic heterocycles. The van der Waals surface area contributed by atoms with Crippen molar-refractivity contribution in [2.75, 3.05) is 12.0 Å². The Hall–Kier alpha value is -5.02. The van der Waals surface area contributed by atoms with E-state index < -0.39 is 52.6 Å². The van der Waals surface area contributed by atoms with Crippen molar-refractivity contribution in [3.8, 4) is 5.75 Å². The summed E-state index contributed by atoms with van der Waals surface area (Å²) in [5, 5.41) is 14.8. The van der Waals surface area contributed by atoms with Gasteiger partial charge in [-0.2, -0.15) is 5.01 Å². The van der Waals surface area contributed by atoms with E-state index in [4.69, 9.17) is 11.6 Å². The van der Waals surface area contributed by atoms with Gasteiger partial charge in [-0.25, -0.2) is 4.39 Å². The molecule has 3 fully saturated rings. The highest BCUT2D eigenvalue weighted by molar-refractivity contribution is 6.30. The van der Waals surface area contributed by atoms with E-state index in [1.54, 1.807) is 36.4 Å². The zero-order valence-electron chi connectivity index (χ0n) is 26.6. The summed E-state index contributed by atoms with van der Waals surface area (Å²) in [5.41, 5.74) is 3.46. The number of phenols is 1. The number of amides is 4. The van der Waals surface area contributed by atoms with Gasteiger partial charge in [-0.05, 0) is 84.0 Å². The lowest BCUT2D eigenvalue weighted by Gasteiger charge is -2.51. The number of benzene rings is 4. The minimum absolute atomic E-state index is 0.0499. The first kappa shape index (κ1) is 31.3. The van der Waals surface area contributed by atoms with Crippen molar-refractivity contribution in [2.24, 2.45) is 23.7 Å². The fraction of sp³-hybridized carbons (Fsp3) is 0.282. The number of carbonyl (C=O) groups excluding carboxylic acids is 4. The molecule has 4 aliphatic rings. The monoisotopic (exact) mass is 677 g/mol. The molecule has 0 aromatic heterocycles. The van der Waals surface area contributed by atoms with E-state index in [0.717, 1.165) is 16.0 Å². The lowest BCUT2D eigenvalue weighted by molar-refractivity contribution is -0.141. The number of allylic oxidation sites excluding steroid dienone is 2. The Morgan fingerprint density at radius 3 is 2.37 bits per heavy atom. The predicted octanol–water partition coefficient (Wildman–Crippen LogP) is 6.73. The maximum absolute atomic E-state index is 15.3. The number of likely N-dealkylation sites (tertiary alicyclic amines) is 1. The number of imide groups is 2. The van der Waals surface area contributed by atoms with Crippen molar-refractivity contribution >= 4 is 51.7 Å². The number of nitrogens with zero attached hydrogens (tertiary/aromatic N) is 2. The summed E-state index contributed by atoms with van der Waals surface area (Å²) < 4.78 is 13.9. The highest BCUT2D eigenvalue weighted by atomic mass is 35.5. The van der Waals surface area contributed by atoms with Crippen LogP contribution in [0.25, 0.3) is 10.8 Å². The second-order valence-corrected chi connectivity index (χ2v) is 13.9. The smallest absolute Gasteiger partial charge is 0.260 e. The van der Waals surface area contributed by atoms with E-state index in [1.165, 1.54) is 29.2 Å². The topological polar surface area (TPSA) is 107 Å². The molecule has 0 spiro atoms. The molecule has 4 aromatic carbocycles. The number of aromatic hydroxyl groups is 1. The van der Waals surface area contributed by atoms with Crippen molar-refractivity contribution in [1.82, 2.24) is 9.91 Å². The zero-order chi connectivity index (χ0) is 34.2. The molecule has 0 radical (unpaired) electrons. The average molecular weight is 678 g/mol. The van der Waals surface area contributed by atoms with E-state index in [1.807, 2.05) is 37.3 Å². The summed E-state index contributed by atoms with van der Waals surface area (Å²) >= 11 is 6.37. The van der Waals surface area contributed by atoms with Crippen LogP contribution in [0.15, 0.2) is 96.6 Å². The molecule has 2 N–H and O–H groups in total. The van der Waals surface area contributed by atoms with Crippen LogP contribution >= 0.6 is 11.6 Å². The average Bonchev–Trinajstić information content (AvgIpc) is 3.47. The van der Waals surface area contributed by atoms with E-state index in [2.05, 4.69) is 5.43 Å². The third kappa shape index (κ3) is 4.48. The van der Waals surface area contributed by atoms with Crippen LogP contribution in [0.1, 0.15) is 43.2 Å². The first-order chi connectivity index (χ1) is 23.7. The molecule has 2 aliphatic carbocycles. The number of anilines is 1. The van der Waals surface area contributed by atoms with Crippen LogP contribution in [-0.2, 0) is 24.6 Å². The standard InChI is InChI=1S/C39H33ClFN3O5/c1-2-19-43-35(46)28-17-16-27-29(32(28)37(43)48)20-30-36(47)44(42-25-14-12-24(41)13-15-25)38(49)39(30,22-8-10-23(40)11-9-22)34(27)33-26-6-4-3-5-21(26)7-18-31(33)45/h3-16,18,28-30,32,34,42,45H,2,17,19-20H2,1H3. The van der Waals surface area contributed by atoms with Crippen molar-refractivity contribution in [2.45, 2.75) is 37.5 Å². The molecule has 6 atom stereocenters. The molecule has 2 heterocycles. The van der Waals surface area contributed by atoms with Gasteiger partial charge >= 0.3 is 0 Å². The summed E-state index contributed by atoms with van der Waals surface area (Å²) in [6.07, 6.45) is 3.01. The lowest BCUT2D eigenvalue weighted by Crippen LogP contribution is -2.53. The van der Waals surface area contributed by atoms with Gasteiger partial charge in [0.1, 0.15) is 11.6 Å². The maximum atomic E-state index is 15.3. The molecule has 4 aromatic rings. The molecule has 248 valence electrons. The van der Waals surface area contributed by atoms with E-state index in [0.29, 0.717) is 46.6 Å². The molecule has 1 saturated carbocycles. The maximum Gasteiger partial charge on any atom is 0.260 e. The molecule has 8 nitrogen and oxygen atoms in total. The van der Waals surface area contributed by atoms with Crippen molar-refractivity contribution in [3.05, 3.63) is 119 Å². The second kappa shape index (κ2) is 11.6. The van der Waals surface area contributed by atoms with E-state index in [9.17, 15) is 23.9 Å². The number of fused-ring (bicyclic) bond motifs is 5. The number of hydrogen-bond acceptors (Lipinski definition) is 6. The fourth-order valence-corrected chi connectivity index (χ4v) is 9.19. The van der Waals surface area contributed by atoms with Crippen molar-refractivity contribution in [1.29, 1.82) is 0 Å². The van der Waals surface area contributed by atoms with Gasteiger partial charge in [-0.15, -0.1) is 0 Å². The molecular weight excluding hydrogens is 645 g/mol.